The molecular formula is C22H26N4O2S. The minimum absolute atomic E-state index is 0.189. The Labute approximate surface area is 177 Å². The standard InChI is InChI=1S/C22H26N4O2S/c1-17(29)23-15-21-16-26(22(27)28-21)20-9-7-19(8-10-20)25-13-11-24(12-14-25)18-5-3-2-4-6-18/h2-10,21H,11-16H2,1H3,(H,23,29)/t21-/m0/s1. The van der Waals surface area contributed by atoms with E-state index in [2.05, 4.69) is 57.6 Å². The van der Waals surface area contributed by atoms with Gasteiger partial charge in [0.05, 0.1) is 18.1 Å². The van der Waals surface area contributed by atoms with Gasteiger partial charge in [-0.25, -0.2) is 4.79 Å². The Morgan fingerprint density at radius 3 is 2.10 bits per heavy atom. The van der Waals surface area contributed by atoms with Crippen molar-refractivity contribution in [3.63, 3.8) is 0 Å². The van der Waals surface area contributed by atoms with Crippen molar-refractivity contribution < 1.29 is 9.53 Å². The van der Waals surface area contributed by atoms with Crippen LogP contribution in [-0.2, 0) is 4.74 Å². The Balaban J connectivity index is 1.34. The average molecular weight is 411 g/mol. The van der Waals surface area contributed by atoms with Crippen LogP contribution in [0.25, 0.3) is 0 Å². The van der Waals surface area contributed by atoms with Gasteiger partial charge in [0.15, 0.2) is 0 Å². The van der Waals surface area contributed by atoms with Gasteiger partial charge < -0.3 is 19.9 Å². The van der Waals surface area contributed by atoms with E-state index in [-0.39, 0.29) is 12.2 Å². The summed E-state index contributed by atoms with van der Waals surface area (Å²) >= 11 is 5.02. The van der Waals surface area contributed by atoms with Crippen molar-refractivity contribution in [2.24, 2.45) is 0 Å². The number of nitrogens with zero attached hydrogens (tertiary/aromatic N) is 3. The van der Waals surface area contributed by atoms with E-state index in [9.17, 15) is 4.79 Å². The van der Waals surface area contributed by atoms with Gasteiger partial charge in [-0.05, 0) is 43.3 Å². The normalized spacial score (nSPS) is 19.3. The molecule has 4 rings (SSSR count). The highest BCUT2D eigenvalue weighted by Gasteiger charge is 2.32. The number of rotatable bonds is 5. The Morgan fingerprint density at radius 1 is 0.966 bits per heavy atom. The molecule has 2 aromatic carbocycles. The lowest BCUT2D eigenvalue weighted by atomic mass is 10.2. The van der Waals surface area contributed by atoms with Crippen molar-refractivity contribution in [1.82, 2.24) is 5.32 Å². The Kier molecular flexibility index (Phi) is 5.85. The molecule has 0 radical (unpaired) electrons. The summed E-state index contributed by atoms with van der Waals surface area (Å²) in [6, 6.07) is 18.7. The highest BCUT2D eigenvalue weighted by atomic mass is 32.1. The highest BCUT2D eigenvalue weighted by molar-refractivity contribution is 7.80. The summed E-state index contributed by atoms with van der Waals surface area (Å²) < 4.78 is 5.43. The molecule has 2 heterocycles. The molecule has 29 heavy (non-hydrogen) atoms. The van der Waals surface area contributed by atoms with Gasteiger partial charge in [-0.15, -0.1) is 0 Å². The van der Waals surface area contributed by atoms with Crippen molar-refractivity contribution >= 4 is 40.4 Å². The average Bonchev–Trinajstić information content (AvgIpc) is 3.14. The molecule has 0 saturated carbocycles. The first-order chi connectivity index (χ1) is 14.1. The van der Waals surface area contributed by atoms with Crippen molar-refractivity contribution in [2.45, 2.75) is 13.0 Å². The molecule has 7 heteroatoms. The number of hydrogen-bond acceptors (Lipinski definition) is 5. The van der Waals surface area contributed by atoms with Gasteiger partial charge in [0.25, 0.3) is 0 Å². The first kappa shape index (κ1) is 19.5. The molecular weight excluding hydrogens is 384 g/mol. The first-order valence-corrected chi connectivity index (χ1v) is 10.4. The van der Waals surface area contributed by atoms with Crippen molar-refractivity contribution in [1.29, 1.82) is 0 Å². The minimum Gasteiger partial charge on any atom is -0.442 e. The van der Waals surface area contributed by atoms with E-state index in [0.29, 0.717) is 18.1 Å². The van der Waals surface area contributed by atoms with Crippen LogP contribution in [0.1, 0.15) is 6.92 Å². The molecule has 0 unspecified atom stereocenters. The number of anilines is 3. The van der Waals surface area contributed by atoms with Gasteiger partial charge in [0.1, 0.15) is 6.10 Å². The maximum atomic E-state index is 12.2. The smallest absolute Gasteiger partial charge is 0.414 e. The van der Waals surface area contributed by atoms with Gasteiger partial charge in [-0.1, -0.05) is 30.4 Å². The molecule has 1 N–H and O–H groups in total. The fraction of sp³-hybridized carbons (Fsp3) is 0.364. The first-order valence-electron chi connectivity index (χ1n) is 9.98. The maximum absolute atomic E-state index is 12.2. The summed E-state index contributed by atoms with van der Waals surface area (Å²) in [6.07, 6.45) is -0.491. The Hall–Kier alpha value is -2.80. The Bertz CT molecular complexity index is 851. The zero-order chi connectivity index (χ0) is 20.2. The summed E-state index contributed by atoms with van der Waals surface area (Å²) in [4.78, 5) is 19.4. The lowest BCUT2D eigenvalue weighted by Crippen LogP contribution is -2.46. The van der Waals surface area contributed by atoms with Gasteiger partial charge in [0.2, 0.25) is 0 Å². The van der Waals surface area contributed by atoms with Crippen molar-refractivity contribution in [3.05, 3.63) is 54.6 Å². The van der Waals surface area contributed by atoms with Crippen LogP contribution in [-0.4, -0.2) is 56.5 Å². The number of carbonyl (C=O) groups excluding carboxylic acids is 1. The van der Waals surface area contributed by atoms with E-state index in [1.807, 2.05) is 19.1 Å². The number of hydrogen-bond donors (Lipinski definition) is 1. The molecule has 152 valence electrons. The molecule has 0 spiro atoms. The SMILES string of the molecule is CC(=S)NC[C@H]1CN(c2ccc(N3CCN(c4ccccc4)CC3)cc2)C(=O)O1. The highest BCUT2D eigenvalue weighted by Crippen LogP contribution is 2.26. The Morgan fingerprint density at radius 2 is 1.52 bits per heavy atom. The second-order valence-electron chi connectivity index (χ2n) is 7.38. The monoisotopic (exact) mass is 410 g/mol. The van der Waals surface area contributed by atoms with Gasteiger partial charge in [-0.3, -0.25) is 4.90 Å². The van der Waals surface area contributed by atoms with Crippen LogP contribution in [0.2, 0.25) is 0 Å². The molecule has 0 aliphatic carbocycles. The number of thiocarbonyl (C=S) groups is 1. The number of benzene rings is 2. The van der Waals surface area contributed by atoms with E-state index < -0.39 is 0 Å². The number of para-hydroxylation sites is 1. The molecule has 2 aliphatic heterocycles. The van der Waals surface area contributed by atoms with E-state index in [1.54, 1.807) is 4.90 Å². The van der Waals surface area contributed by atoms with Crippen LogP contribution >= 0.6 is 12.2 Å². The molecule has 0 aromatic heterocycles. The second kappa shape index (κ2) is 8.69. The summed E-state index contributed by atoms with van der Waals surface area (Å²) in [5.41, 5.74) is 3.33. The van der Waals surface area contributed by atoms with Crippen LogP contribution in [0.3, 0.4) is 0 Å². The second-order valence-corrected chi connectivity index (χ2v) is 7.99. The fourth-order valence-corrected chi connectivity index (χ4v) is 3.88. The van der Waals surface area contributed by atoms with Gasteiger partial charge in [0, 0.05) is 43.2 Å². The fourth-order valence-electron chi connectivity index (χ4n) is 3.80. The number of carbonyl (C=O) groups is 1. The van der Waals surface area contributed by atoms with Crippen LogP contribution < -0.4 is 20.0 Å². The largest absolute Gasteiger partial charge is 0.442 e. The van der Waals surface area contributed by atoms with E-state index >= 15 is 0 Å². The minimum atomic E-state index is -0.303. The maximum Gasteiger partial charge on any atom is 0.414 e. The van der Waals surface area contributed by atoms with Gasteiger partial charge >= 0.3 is 6.09 Å². The number of amides is 1. The quantitative estimate of drug-likeness (QED) is 0.764. The van der Waals surface area contributed by atoms with Crippen LogP contribution in [0.4, 0.5) is 21.9 Å². The third-order valence-electron chi connectivity index (χ3n) is 5.38. The zero-order valence-corrected chi connectivity index (χ0v) is 17.4. The topological polar surface area (TPSA) is 48.0 Å². The molecule has 1 amide bonds. The summed E-state index contributed by atoms with van der Waals surface area (Å²) in [5.74, 6) is 0. The number of piperazine rings is 1. The number of nitrogens with one attached hydrogen (secondary N) is 1. The van der Waals surface area contributed by atoms with Crippen molar-refractivity contribution in [3.8, 4) is 0 Å². The van der Waals surface area contributed by atoms with E-state index in [0.717, 1.165) is 31.9 Å². The molecule has 2 aromatic rings. The van der Waals surface area contributed by atoms with Crippen LogP contribution in [0.15, 0.2) is 54.6 Å². The summed E-state index contributed by atoms with van der Waals surface area (Å²) in [7, 11) is 0. The van der Waals surface area contributed by atoms with E-state index in [1.165, 1.54) is 11.4 Å². The van der Waals surface area contributed by atoms with Crippen LogP contribution in [0, 0.1) is 0 Å². The number of cyclic esters (lactones) is 1. The van der Waals surface area contributed by atoms with Gasteiger partial charge in [-0.2, -0.15) is 0 Å². The molecule has 6 nitrogen and oxygen atoms in total. The van der Waals surface area contributed by atoms with E-state index in [4.69, 9.17) is 17.0 Å². The zero-order valence-electron chi connectivity index (χ0n) is 16.6. The predicted molar refractivity (Wildman–Crippen MR) is 121 cm³/mol. The molecule has 0 bridgehead atoms. The van der Waals surface area contributed by atoms with Crippen molar-refractivity contribution in [2.75, 3.05) is 54.0 Å². The molecule has 1 atom stereocenters. The molecule has 2 fully saturated rings. The van der Waals surface area contributed by atoms with Crippen LogP contribution in [0.5, 0.6) is 0 Å². The summed E-state index contributed by atoms with van der Waals surface area (Å²) in [5, 5.41) is 3.06. The number of ether oxygens (including phenoxy) is 1. The lowest BCUT2D eigenvalue weighted by Gasteiger charge is -2.37. The summed E-state index contributed by atoms with van der Waals surface area (Å²) in [6.45, 7) is 6.85. The molecule has 2 aliphatic rings. The third-order valence-corrected chi connectivity index (χ3v) is 5.52. The third kappa shape index (κ3) is 4.62. The molecule has 2 saturated heterocycles. The predicted octanol–water partition coefficient (Wildman–Crippen LogP) is 3.28. The lowest BCUT2D eigenvalue weighted by molar-refractivity contribution is 0.143.